The van der Waals surface area contributed by atoms with Crippen LogP contribution in [-0.2, 0) is 4.74 Å². The van der Waals surface area contributed by atoms with E-state index in [1.807, 2.05) is 6.07 Å². The number of anilines is 3. The van der Waals surface area contributed by atoms with Gasteiger partial charge in [0, 0.05) is 37.1 Å². The number of nitrogens with two attached hydrogens (primary N) is 1. The minimum absolute atomic E-state index is 0.0969. The van der Waals surface area contributed by atoms with Crippen LogP contribution in [0.25, 0.3) is 11.3 Å². The van der Waals surface area contributed by atoms with E-state index in [4.69, 9.17) is 20.4 Å². The molecule has 3 aliphatic rings. The summed E-state index contributed by atoms with van der Waals surface area (Å²) >= 11 is 0. The zero-order valence-corrected chi connectivity index (χ0v) is 15.6. The number of aromatic nitrogens is 4. The predicted molar refractivity (Wildman–Crippen MR) is 103 cm³/mol. The molecule has 5 heterocycles. The van der Waals surface area contributed by atoms with Gasteiger partial charge in [-0.15, -0.1) is 0 Å². The summed E-state index contributed by atoms with van der Waals surface area (Å²) < 4.78 is 5.75. The number of fused-ring (bicyclic) bond motifs is 2. The lowest BCUT2D eigenvalue weighted by molar-refractivity contribution is 0.106. The Balaban J connectivity index is 1.55. The molecule has 8 heteroatoms. The number of morpholine rings is 1. The highest BCUT2D eigenvalue weighted by molar-refractivity contribution is 5.66. The molecule has 3 aliphatic heterocycles. The Morgan fingerprint density at radius 3 is 2.56 bits per heavy atom. The third kappa shape index (κ3) is 2.71. The monoisotopic (exact) mass is 365 g/mol. The molecule has 2 aromatic heterocycles. The molecule has 2 bridgehead atoms. The van der Waals surface area contributed by atoms with Crippen LogP contribution < -0.4 is 15.5 Å². The zero-order chi connectivity index (χ0) is 18.8. The molecule has 2 aromatic rings. The van der Waals surface area contributed by atoms with Crippen molar-refractivity contribution in [3.05, 3.63) is 30.6 Å². The molecule has 0 aromatic carbocycles. The maximum absolute atomic E-state index is 5.75. The Bertz CT molecular complexity index is 903. The number of hydrogen-bond acceptors (Lipinski definition) is 8. The van der Waals surface area contributed by atoms with Crippen molar-refractivity contribution in [2.24, 2.45) is 5.41 Å². The highest BCUT2D eigenvalue weighted by atomic mass is 16.5. The minimum Gasteiger partial charge on any atom is -0.369 e. The first-order chi connectivity index (χ1) is 12.9. The average molecular weight is 365 g/mol. The summed E-state index contributed by atoms with van der Waals surface area (Å²) in [6.45, 7) is 12.0. The lowest BCUT2D eigenvalue weighted by Crippen LogP contribution is -2.53. The fourth-order valence-corrected chi connectivity index (χ4v) is 4.11. The van der Waals surface area contributed by atoms with E-state index >= 15 is 0 Å². The number of nitrogens with zero attached hydrogens (tertiary/aromatic N) is 6. The van der Waals surface area contributed by atoms with Gasteiger partial charge < -0.3 is 20.3 Å². The highest BCUT2D eigenvalue weighted by Crippen LogP contribution is 2.38. The van der Waals surface area contributed by atoms with E-state index in [1.54, 1.807) is 12.4 Å². The molecule has 0 radical (unpaired) electrons. The van der Waals surface area contributed by atoms with Crippen LogP contribution in [0, 0.1) is 5.41 Å². The van der Waals surface area contributed by atoms with Crippen molar-refractivity contribution in [1.29, 1.82) is 0 Å². The molecule has 27 heavy (non-hydrogen) atoms. The lowest BCUT2D eigenvalue weighted by atomic mass is 9.85. The number of rotatable bonds is 3. The van der Waals surface area contributed by atoms with Gasteiger partial charge in [0.1, 0.15) is 5.82 Å². The van der Waals surface area contributed by atoms with Gasteiger partial charge >= 0.3 is 0 Å². The summed E-state index contributed by atoms with van der Waals surface area (Å²) in [5.41, 5.74) is 8.69. The molecule has 140 valence electrons. The second kappa shape index (κ2) is 5.63. The molecule has 2 unspecified atom stereocenters. The van der Waals surface area contributed by atoms with Crippen molar-refractivity contribution in [3.63, 3.8) is 0 Å². The summed E-state index contributed by atoms with van der Waals surface area (Å²) in [7, 11) is 0. The Kier molecular flexibility index (Phi) is 3.42. The molecular weight excluding hydrogens is 342 g/mol. The average Bonchev–Trinajstić information content (AvgIpc) is 3.15. The first-order valence-electron chi connectivity index (χ1n) is 9.18. The maximum Gasteiger partial charge on any atom is 0.227 e. The van der Waals surface area contributed by atoms with Gasteiger partial charge in [-0.05, 0) is 11.0 Å². The fraction of sp³-hybridized carbons (Fsp3) is 0.474. The van der Waals surface area contributed by atoms with Gasteiger partial charge in [-0.2, -0.15) is 4.98 Å². The van der Waals surface area contributed by atoms with Crippen LogP contribution >= 0.6 is 0 Å². The Labute approximate surface area is 158 Å². The van der Waals surface area contributed by atoms with Gasteiger partial charge in [0.15, 0.2) is 0 Å². The summed E-state index contributed by atoms with van der Waals surface area (Å²) in [6, 6.07) is 2.18. The minimum atomic E-state index is 0.0969. The summed E-state index contributed by atoms with van der Waals surface area (Å²) in [6.07, 6.45) is 3.51. The number of ether oxygens (including phenoxy) is 1. The second-order valence-corrected chi connectivity index (χ2v) is 8.33. The van der Waals surface area contributed by atoms with Crippen molar-refractivity contribution in [2.75, 3.05) is 41.8 Å². The first-order valence-corrected chi connectivity index (χ1v) is 9.18. The number of hydrogen-bond donors (Lipinski definition) is 1. The van der Waals surface area contributed by atoms with E-state index in [0.717, 1.165) is 48.2 Å². The Morgan fingerprint density at radius 2 is 1.96 bits per heavy atom. The van der Waals surface area contributed by atoms with E-state index < -0.39 is 0 Å². The SMILES string of the molecule is C=C1C2CN(c3cc(-c4cnc(N)nc4)nc(N4CC(C)(C)C4)n3)C1CO2. The Hall–Kier alpha value is -2.74. The summed E-state index contributed by atoms with van der Waals surface area (Å²) in [5, 5.41) is 0. The van der Waals surface area contributed by atoms with Crippen LogP contribution in [0.5, 0.6) is 0 Å². The van der Waals surface area contributed by atoms with E-state index in [-0.39, 0.29) is 18.1 Å². The molecule has 8 nitrogen and oxygen atoms in total. The highest BCUT2D eigenvalue weighted by Gasteiger charge is 2.44. The Morgan fingerprint density at radius 1 is 1.22 bits per heavy atom. The van der Waals surface area contributed by atoms with Crippen molar-refractivity contribution in [2.45, 2.75) is 26.0 Å². The van der Waals surface area contributed by atoms with E-state index in [0.29, 0.717) is 12.0 Å². The quantitative estimate of drug-likeness (QED) is 0.818. The van der Waals surface area contributed by atoms with Crippen LogP contribution in [-0.4, -0.2) is 58.3 Å². The third-order valence-corrected chi connectivity index (χ3v) is 5.52. The van der Waals surface area contributed by atoms with Gasteiger partial charge in [-0.1, -0.05) is 20.4 Å². The van der Waals surface area contributed by atoms with Gasteiger partial charge in [-0.3, -0.25) is 0 Å². The van der Waals surface area contributed by atoms with Gasteiger partial charge in [0.25, 0.3) is 0 Å². The molecule has 5 rings (SSSR count). The fourth-order valence-electron chi connectivity index (χ4n) is 4.11. The number of nitrogen functional groups attached to an aromatic ring is 1. The van der Waals surface area contributed by atoms with Crippen LogP contribution in [0.3, 0.4) is 0 Å². The largest absolute Gasteiger partial charge is 0.369 e. The zero-order valence-electron chi connectivity index (χ0n) is 15.6. The van der Waals surface area contributed by atoms with Crippen molar-refractivity contribution in [3.8, 4) is 11.3 Å². The van der Waals surface area contributed by atoms with Gasteiger partial charge in [0.2, 0.25) is 11.9 Å². The van der Waals surface area contributed by atoms with Crippen molar-refractivity contribution in [1.82, 2.24) is 19.9 Å². The van der Waals surface area contributed by atoms with E-state index in [2.05, 4.69) is 40.2 Å². The lowest BCUT2D eigenvalue weighted by Gasteiger charge is -2.46. The van der Waals surface area contributed by atoms with Crippen LogP contribution in [0.1, 0.15) is 13.8 Å². The van der Waals surface area contributed by atoms with Crippen LogP contribution in [0.4, 0.5) is 17.7 Å². The standard InChI is InChI=1S/C19H23N7O/c1-11-14-8-27-15(11)7-26(14)16-4-13(12-5-21-17(20)22-6-12)23-18(24-16)25-9-19(2,3)10-25/h4-6,14-15H,1,7-10H2,2-3H3,(H2,20,21,22). The van der Waals surface area contributed by atoms with E-state index in [1.165, 1.54) is 0 Å². The predicted octanol–water partition coefficient (Wildman–Crippen LogP) is 1.51. The van der Waals surface area contributed by atoms with Crippen molar-refractivity contribution >= 4 is 17.7 Å². The maximum atomic E-state index is 5.75. The third-order valence-electron chi connectivity index (χ3n) is 5.52. The molecule has 0 aliphatic carbocycles. The molecule has 0 amide bonds. The second-order valence-electron chi connectivity index (χ2n) is 8.33. The van der Waals surface area contributed by atoms with Gasteiger partial charge in [-0.25, -0.2) is 15.0 Å². The van der Waals surface area contributed by atoms with Crippen LogP contribution in [0.2, 0.25) is 0 Å². The van der Waals surface area contributed by atoms with E-state index in [9.17, 15) is 0 Å². The van der Waals surface area contributed by atoms with Crippen LogP contribution in [0.15, 0.2) is 30.6 Å². The smallest absolute Gasteiger partial charge is 0.227 e. The molecule has 3 saturated heterocycles. The van der Waals surface area contributed by atoms with Crippen molar-refractivity contribution < 1.29 is 4.74 Å². The van der Waals surface area contributed by atoms with Gasteiger partial charge in [0.05, 0.1) is 31.0 Å². The molecule has 3 fully saturated rings. The molecular formula is C19H23N7O. The first kappa shape index (κ1) is 16.4. The summed E-state index contributed by atoms with van der Waals surface area (Å²) in [4.78, 5) is 22.4. The molecule has 2 N–H and O–H groups in total. The molecule has 0 spiro atoms. The summed E-state index contributed by atoms with van der Waals surface area (Å²) in [5.74, 6) is 1.89. The molecule has 2 atom stereocenters. The topological polar surface area (TPSA) is 93.3 Å². The molecule has 0 saturated carbocycles. The normalized spacial score (nSPS) is 25.8.